The Morgan fingerprint density at radius 1 is 0.972 bits per heavy atom. The molecule has 2 N–H and O–H groups in total. The van der Waals surface area contributed by atoms with E-state index in [1.165, 1.54) is 19.3 Å². The summed E-state index contributed by atoms with van der Waals surface area (Å²) in [4.78, 5) is 22.0. The highest BCUT2D eigenvalue weighted by molar-refractivity contribution is 7.08. The van der Waals surface area contributed by atoms with Crippen LogP contribution < -0.4 is 4.74 Å². The highest BCUT2D eigenvalue weighted by atomic mass is 32.1. The monoisotopic (exact) mass is 493 g/mol. The molecule has 6 aromatic heterocycles. The first kappa shape index (κ1) is 21.2. The molecule has 8 nitrogen and oxygen atoms in total. The molecule has 9 heteroatoms. The van der Waals surface area contributed by atoms with Gasteiger partial charge in [-0.3, -0.25) is 10.1 Å². The summed E-state index contributed by atoms with van der Waals surface area (Å²) in [7, 11) is 0. The number of hydrogen-bond donors (Lipinski definition) is 2. The van der Waals surface area contributed by atoms with Crippen molar-refractivity contribution < 1.29 is 4.74 Å². The number of H-pyrrole nitrogens is 2. The Morgan fingerprint density at radius 2 is 1.92 bits per heavy atom. The summed E-state index contributed by atoms with van der Waals surface area (Å²) in [6.07, 6.45) is 11.6. The van der Waals surface area contributed by atoms with Crippen LogP contribution in [0, 0.1) is 0 Å². The summed E-state index contributed by atoms with van der Waals surface area (Å²) >= 11 is 1.66. The molecule has 7 rings (SSSR count). The number of aromatic amines is 2. The average Bonchev–Trinajstić information content (AvgIpc) is 3.68. The molecule has 1 fully saturated rings. The van der Waals surface area contributed by atoms with Gasteiger partial charge >= 0.3 is 0 Å². The van der Waals surface area contributed by atoms with Crippen molar-refractivity contribution in [3.05, 3.63) is 59.7 Å². The zero-order valence-corrected chi connectivity index (χ0v) is 20.3. The largest absolute Gasteiger partial charge is 0.489 e. The first-order chi connectivity index (χ1) is 17.8. The van der Waals surface area contributed by atoms with Crippen LogP contribution >= 0.6 is 11.3 Å². The number of aromatic nitrogens is 7. The Labute approximate surface area is 210 Å². The predicted octanol–water partition coefficient (Wildman–Crippen LogP) is 6.40. The van der Waals surface area contributed by atoms with Crippen LogP contribution in [0.1, 0.15) is 32.1 Å². The second-order valence-corrected chi connectivity index (χ2v) is 9.89. The lowest BCUT2D eigenvalue weighted by Crippen LogP contribution is -2.19. The van der Waals surface area contributed by atoms with Crippen molar-refractivity contribution in [2.75, 3.05) is 0 Å². The second kappa shape index (κ2) is 8.83. The van der Waals surface area contributed by atoms with Crippen molar-refractivity contribution in [2.45, 2.75) is 38.2 Å². The van der Waals surface area contributed by atoms with Gasteiger partial charge in [0.05, 0.1) is 29.0 Å². The van der Waals surface area contributed by atoms with Crippen LogP contribution in [-0.4, -0.2) is 41.2 Å². The van der Waals surface area contributed by atoms with Crippen molar-refractivity contribution in [1.29, 1.82) is 0 Å². The number of ether oxygens (including phenoxy) is 1. The summed E-state index contributed by atoms with van der Waals surface area (Å²) in [6.45, 7) is 0. The molecule has 0 atom stereocenters. The summed E-state index contributed by atoms with van der Waals surface area (Å²) in [5.41, 5.74) is 7.68. The third-order valence-electron chi connectivity index (χ3n) is 6.72. The maximum absolute atomic E-state index is 6.23. The van der Waals surface area contributed by atoms with E-state index >= 15 is 0 Å². The number of fused-ring (bicyclic) bond motifs is 2. The molecule has 0 unspecified atom stereocenters. The SMILES string of the molecule is c1cc(-c2ccsc2)c2[nH]c(-c3n[nH]c4ccc(-c5cncc(OC6CCCCC6)c5)nc34)nc2n1. The topological polar surface area (TPSA) is 105 Å². The Balaban J connectivity index is 1.26. The van der Waals surface area contributed by atoms with Crippen LogP contribution in [-0.2, 0) is 0 Å². The Hall–Kier alpha value is -4.11. The summed E-state index contributed by atoms with van der Waals surface area (Å²) in [5, 5.41) is 11.8. The molecule has 0 spiro atoms. The van der Waals surface area contributed by atoms with Crippen LogP contribution in [0.5, 0.6) is 5.75 Å². The zero-order valence-electron chi connectivity index (χ0n) is 19.4. The maximum Gasteiger partial charge on any atom is 0.178 e. The number of nitrogens with one attached hydrogen (secondary N) is 2. The lowest BCUT2D eigenvalue weighted by Gasteiger charge is -2.22. The minimum Gasteiger partial charge on any atom is -0.489 e. The molecule has 0 amide bonds. The van der Waals surface area contributed by atoms with E-state index in [0.29, 0.717) is 17.2 Å². The van der Waals surface area contributed by atoms with Gasteiger partial charge in [0.2, 0.25) is 0 Å². The number of imidazole rings is 1. The highest BCUT2D eigenvalue weighted by Crippen LogP contribution is 2.32. The van der Waals surface area contributed by atoms with Crippen molar-refractivity contribution in [1.82, 2.24) is 35.1 Å². The molecular weight excluding hydrogens is 470 g/mol. The predicted molar refractivity (Wildman–Crippen MR) is 141 cm³/mol. The summed E-state index contributed by atoms with van der Waals surface area (Å²) in [6, 6.07) is 10.1. The van der Waals surface area contributed by atoms with Crippen LogP contribution in [0.25, 0.3) is 56.1 Å². The molecule has 1 aliphatic rings. The van der Waals surface area contributed by atoms with Crippen molar-refractivity contribution in [3.63, 3.8) is 0 Å². The number of nitrogens with zero attached hydrogens (tertiary/aromatic N) is 5. The van der Waals surface area contributed by atoms with Gasteiger partial charge in [0.25, 0.3) is 0 Å². The van der Waals surface area contributed by atoms with Crippen molar-refractivity contribution >= 4 is 33.5 Å². The number of hydrogen-bond acceptors (Lipinski definition) is 7. The molecular formula is C27H23N7OS. The molecule has 0 bridgehead atoms. The zero-order chi connectivity index (χ0) is 23.9. The standard InChI is InChI=1S/C27H23N7OS/c1-2-4-18(5-3-1)35-19-12-17(13-28-14-19)21-6-7-22-24(30-21)25(34-33-22)27-31-23-20(16-9-11-36-15-16)8-10-29-26(23)32-27/h6-15,18H,1-5H2,(H,33,34)(H,29,31,32). The van der Waals surface area contributed by atoms with E-state index in [-0.39, 0.29) is 6.10 Å². The Kier molecular flexibility index (Phi) is 5.20. The average molecular weight is 494 g/mol. The van der Waals surface area contributed by atoms with Crippen molar-refractivity contribution in [2.24, 2.45) is 0 Å². The summed E-state index contributed by atoms with van der Waals surface area (Å²) < 4.78 is 6.23. The minimum absolute atomic E-state index is 0.271. The van der Waals surface area contributed by atoms with E-state index in [1.54, 1.807) is 23.7 Å². The molecule has 6 aromatic rings. The van der Waals surface area contributed by atoms with E-state index in [4.69, 9.17) is 14.7 Å². The lowest BCUT2D eigenvalue weighted by atomic mass is 9.98. The molecule has 0 saturated heterocycles. The number of rotatable bonds is 5. The van der Waals surface area contributed by atoms with Crippen LogP contribution in [0.15, 0.2) is 59.7 Å². The van der Waals surface area contributed by atoms with Gasteiger partial charge < -0.3 is 9.72 Å². The van der Waals surface area contributed by atoms with Gasteiger partial charge in [-0.15, -0.1) is 0 Å². The maximum atomic E-state index is 6.23. The molecule has 1 saturated carbocycles. The van der Waals surface area contributed by atoms with E-state index in [0.717, 1.165) is 57.5 Å². The molecule has 0 radical (unpaired) electrons. The van der Waals surface area contributed by atoms with E-state index in [2.05, 4.69) is 42.0 Å². The van der Waals surface area contributed by atoms with Gasteiger partial charge in [-0.2, -0.15) is 16.4 Å². The molecule has 0 aromatic carbocycles. The van der Waals surface area contributed by atoms with Crippen LogP contribution in [0.4, 0.5) is 0 Å². The van der Waals surface area contributed by atoms with Crippen LogP contribution in [0.3, 0.4) is 0 Å². The van der Waals surface area contributed by atoms with Crippen LogP contribution in [0.2, 0.25) is 0 Å². The van der Waals surface area contributed by atoms with Gasteiger partial charge in [0.1, 0.15) is 11.3 Å². The van der Waals surface area contributed by atoms with Gasteiger partial charge in [0.15, 0.2) is 17.2 Å². The first-order valence-corrected chi connectivity index (χ1v) is 13.1. The van der Waals surface area contributed by atoms with Gasteiger partial charge in [-0.05, 0) is 72.3 Å². The second-order valence-electron chi connectivity index (χ2n) is 9.11. The normalized spacial score (nSPS) is 14.6. The van der Waals surface area contributed by atoms with E-state index in [1.807, 2.05) is 30.5 Å². The number of thiophene rings is 1. The molecule has 36 heavy (non-hydrogen) atoms. The number of pyridine rings is 3. The fourth-order valence-corrected chi connectivity index (χ4v) is 5.56. The van der Waals surface area contributed by atoms with Gasteiger partial charge in [0, 0.05) is 23.5 Å². The van der Waals surface area contributed by atoms with E-state index in [9.17, 15) is 0 Å². The smallest absolute Gasteiger partial charge is 0.178 e. The summed E-state index contributed by atoms with van der Waals surface area (Å²) in [5.74, 6) is 1.42. The quantitative estimate of drug-likeness (QED) is 0.288. The van der Waals surface area contributed by atoms with Gasteiger partial charge in [-0.25, -0.2) is 15.0 Å². The molecule has 0 aliphatic heterocycles. The van der Waals surface area contributed by atoms with Crippen molar-refractivity contribution in [3.8, 4) is 39.7 Å². The Morgan fingerprint density at radius 3 is 2.81 bits per heavy atom. The highest BCUT2D eigenvalue weighted by Gasteiger charge is 2.18. The van der Waals surface area contributed by atoms with Gasteiger partial charge in [-0.1, -0.05) is 6.42 Å². The minimum atomic E-state index is 0.271. The fourth-order valence-electron chi connectivity index (χ4n) is 4.91. The Bertz CT molecular complexity index is 1660. The first-order valence-electron chi connectivity index (χ1n) is 12.2. The lowest BCUT2D eigenvalue weighted by molar-refractivity contribution is 0.154. The molecule has 6 heterocycles. The molecule has 1 aliphatic carbocycles. The third-order valence-corrected chi connectivity index (χ3v) is 7.40. The third kappa shape index (κ3) is 3.81. The molecule has 178 valence electrons. The van der Waals surface area contributed by atoms with E-state index < -0.39 is 0 Å². The fraction of sp³-hybridized carbons (Fsp3) is 0.222.